The van der Waals surface area contributed by atoms with Crippen LogP contribution in [0.4, 0.5) is 5.69 Å². The summed E-state index contributed by atoms with van der Waals surface area (Å²) < 4.78 is 10.4. The fourth-order valence-corrected chi connectivity index (χ4v) is 3.42. The number of rotatable bonds is 5. The van der Waals surface area contributed by atoms with E-state index in [9.17, 15) is 4.79 Å². The number of carbonyl (C=O) groups is 1. The molecule has 7 nitrogen and oxygen atoms in total. The maximum atomic E-state index is 12.1. The molecule has 1 aliphatic rings. The van der Waals surface area contributed by atoms with Gasteiger partial charge in [-0.1, -0.05) is 18.0 Å². The lowest BCUT2D eigenvalue weighted by atomic mass is 10.2. The molecular formula is C21H24N4O3. The zero-order valence-electron chi connectivity index (χ0n) is 15.9. The topological polar surface area (TPSA) is 84.4 Å². The van der Waals surface area contributed by atoms with Crippen LogP contribution in [0.2, 0.25) is 0 Å². The van der Waals surface area contributed by atoms with Crippen molar-refractivity contribution in [2.24, 2.45) is 0 Å². The standard InChI is InChI=1S/C21H24N4O3/c1-15(22-20(26)18-7-6-14-27-18)21-23-19(24-28-21)16-8-10-17(11-9-16)25-12-4-2-3-5-13-25/h6-11,14-15H,2-5,12-13H2,1H3,(H,22,26). The largest absolute Gasteiger partial charge is 0.459 e. The number of carbonyl (C=O) groups excluding carboxylic acids is 1. The van der Waals surface area contributed by atoms with Gasteiger partial charge in [-0.15, -0.1) is 0 Å². The lowest BCUT2D eigenvalue weighted by Crippen LogP contribution is -2.26. The van der Waals surface area contributed by atoms with Crippen LogP contribution in [-0.2, 0) is 0 Å². The molecular weight excluding hydrogens is 356 g/mol. The summed E-state index contributed by atoms with van der Waals surface area (Å²) in [6, 6.07) is 11.1. The molecule has 0 aliphatic carbocycles. The Bertz CT molecular complexity index is 894. The van der Waals surface area contributed by atoms with Gasteiger partial charge in [-0.2, -0.15) is 4.98 Å². The van der Waals surface area contributed by atoms with Gasteiger partial charge < -0.3 is 19.2 Å². The zero-order valence-corrected chi connectivity index (χ0v) is 15.9. The summed E-state index contributed by atoms with van der Waals surface area (Å²) in [5.41, 5.74) is 2.12. The molecule has 1 fully saturated rings. The van der Waals surface area contributed by atoms with Gasteiger partial charge in [-0.05, 0) is 56.2 Å². The summed E-state index contributed by atoms with van der Waals surface area (Å²) in [4.78, 5) is 18.9. The average molecular weight is 380 g/mol. The Morgan fingerprint density at radius 3 is 2.54 bits per heavy atom. The molecule has 28 heavy (non-hydrogen) atoms. The lowest BCUT2D eigenvalue weighted by Gasteiger charge is -2.22. The zero-order chi connectivity index (χ0) is 19.3. The first-order chi connectivity index (χ1) is 13.7. The van der Waals surface area contributed by atoms with Gasteiger partial charge in [0.2, 0.25) is 11.7 Å². The van der Waals surface area contributed by atoms with Crippen LogP contribution in [0.25, 0.3) is 11.4 Å². The van der Waals surface area contributed by atoms with Crippen LogP contribution in [0, 0.1) is 0 Å². The number of aromatic nitrogens is 2. The van der Waals surface area contributed by atoms with E-state index in [0.717, 1.165) is 18.7 Å². The van der Waals surface area contributed by atoms with Gasteiger partial charge in [0, 0.05) is 24.3 Å². The van der Waals surface area contributed by atoms with E-state index in [1.165, 1.54) is 37.6 Å². The summed E-state index contributed by atoms with van der Waals surface area (Å²) in [5.74, 6) is 0.790. The third-order valence-electron chi connectivity index (χ3n) is 5.00. The highest BCUT2D eigenvalue weighted by Crippen LogP contribution is 2.24. The van der Waals surface area contributed by atoms with E-state index in [4.69, 9.17) is 8.94 Å². The van der Waals surface area contributed by atoms with E-state index in [1.54, 1.807) is 19.1 Å². The average Bonchev–Trinajstić information content (AvgIpc) is 3.36. The highest BCUT2D eigenvalue weighted by Gasteiger charge is 2.19. The summed E-state index contributed by atoms with van der Waals surface area (Å²) in [6.45, 7) is 4.01. The van der Waals surface area contributed by atoms with Gasteiger partial charge in [0.15, 0.2) is 5.76 Å². The van der Waals surface area contributed by atoms with Crippen molar-refractivity contribution in [3.05, 3.63) is 54.3 Å². The van der Waals surface area contributed by atoms with Gasteiger partial charge in [-0.3, -0.25) is 4.79 Å². The monoisotopic (exact) mass is 380 g/mol. The minimum atomic E-state index is -0.421. The molecule has 1 aromatic carbocycles. The first-order valence-electron chi connectivity index (χ1n) is 9.74. The normalized spacial score (nSPS) is 15.8. The van der Waals surface area contributed by atoms with Crippen molar-refractivity contribution in [1.29, 1.82) is 0 Å². The Balaban J connectivity index is 1.42. The Morgan fingerprint density at radius 1 is 1.11 bits per heavy atom. The highest BCUT2D eigenvalue weighted by molar-refractivity contribution is 5.91. The SMILES string of the molecule is CC(NC(=O)c1ccco1)c1nc(-c2ccc(N3CCCCCC3)cc2)no1. The quantitative estimate of drug-likeness (QED) is 0.714. The van der Waals surface area contributed by atoms with Crippen molar-refractivity contribution in [3.8, 4) is 11.4 Å². The van der Waals surface area contributed by atoms with Gasteiger partial charge >= 0.3 is 0 Å². The second-order valence-corrected chi connectivity index (χ2v) is 7.08. The first kappa shape index (κ1) is 18.3. The number of furan rings is 1. The molecule has 2 aromatic heterocycles. The number of hydrogen-bond donors (Lipinski definition) is 1. The molecule has 0 bridgehead atoms. The highest BCUT2D eigenvalue weighted by atomic mass is 16.5. The van der Waals surface area contributed by atoms with Crippen LogP contribution in [0.5, 0.6) is 0 Å². The van der Waals surface area contributed by atoms with Crippen molar-refractivity contribution in [2.75, 3.05) is 18.0 Å². The Hall–Kier alpha value is -3.09. The Kier molecular flexibility index (Phi) is 5.41. The summed E-state index contributed by atoms with van der Waals surface area (Å²) in [7, 11) is 0. The van der Waals surface area contributed by atoms with Crippen LogP contribution < -0.4 is 10.2 Å². The first-order valence-corrected chi connectivity index (χ1v) is 9.74. The molecule has 1 N–H and O–H groups in total. The van der Waals surface area contributed by atoms with Crippen LogP contribution in [0.15, 0.2) is 51.6 Å². The van der Waals surface area contributed by atoms with Gasteiger partial charge in [0.1, 0.15) is 6.04 Å². The number of anilines is 1. The second kappa shape index (κ2) is 8.29. The van der Waals surface area contributed by atoms with Crippen molar-refractivity contribution < 1.29 is 13.7 Å². The van der Waals surface area contributed by atoms with Crippen LogP contribution in [0.1, 0.15) is 55.1 Å². The number of nitrogens with one attached hydrogen (secondary N) is 1. The van der Waals surface area contributed by atoms with Crippen LogP contribution in [-0.4, -0.2) is 29.1 Å². The third kappa shape index (κ3) is 4.08. The fraction of sp³-hybridized carbons (Fsp3) is 0.381. The molecule has 3 aromatic rings. The predicted molar refractivity (Wildman–Crippen MR) is 105 cm³/mol. The molecule has 1 atom stereocenters. The molecule has 4 rings (SSSR count). The Labute approximate surface area is 163 Å². The molecule has 1 saturated heterocycles. The lowest BCUT2D eigenvalue weighted by molar-refractivity contribution is 0.0904. The molecule has 0 radical (unpaired) electrons. The number of amides is 1. The van der Waals surface area contributed by atoms with Crippen molar-refractivity contribution >= 4 is 11.6 Å². The molecule has 3 heterocycles. The molecule has 1 unspecified atom stereocenters. The van der Waals surface area contributed by atoms with Crippen LogP contribution in [0.3, 0.4) is 0 Å². The minimum absolute atomic E-state index is 0.246. The maximum Gasteiger partial charge on any atom is 0.287 e. The molecule has 1 amide bonds. The van der Waals surface area contributed by atoms with Gasteiger partial charge in [0.25, 0.3) is 5.91 Å². The van der Waals surface area contributed by atoms with Gasteiger partial charge in [-0.25, -0.2) is 0 Å². The second-order valence-electron chi connectivity index (χ2n) is 7.08. The molecule has 146 valence electrons. The smallest absolute Gasteiger partial charge is 0.287 e. The number of nitrogens with zero attached hydrogens (tertiary/aromatic N) is 3. The molecule has 0 spiro atoms. The predicted octanol–water partition coefficient (Wildman–Crippen LogP) is 4.20. The molecule has 1 aliphatic heterocycles. The maximum absolute atomic E-state index is 12.1. The fourth-order valence-electron chi connectivity index (χ4n) is 3.42. The van der Waals surface area contributed by atoms with E-state index in [0.29, 0.717) is 11.7 Å². The van der Waals surface area contributed by atoms with Crippen molar-refractivity contribution in [3.63, 3.8) is 0 Å². The van der Waals surface area contributed by atoms with Crippen molar-refractivity contribution in [1.82, 2.24) is 15.5 Å². The summed E-state index contributed by atoms with van der Waals surface area (Å²) in [6.07, 6.45) is 6.58. The third-order valence-corrected chi connectivity index (χ3v) is 5.00. The van der Waals surface area contributed by atoms with E-state index in [2.05, 4.69) is 32.5 Å². The number of hydrogen-bond acceptors (Lipinski definition) is 6. The van der Waals surface area contributed by atoms with E-state index in [-0.39, 0.29) is 11.7 Å². The molecule has 7 heteroatoms. The van der Waals surface area contributed by atoms with E-state index < -0.39 is 6.04 Å². The van der Waals surface area contributed by atoms with Crippen LogP contribution >= 0.6 is 0 Å². The van der Waals surface area contributed by atoms with Gasteiger partial charge in [0.05, 0.1) is 6.26 Å². The van der Waals surface area contributed by atoms with Crippen molar-refractivity contribution in [2.45, 2.75) is 38.6 Å². The minimum Gasteiger partial charge on any atom is -0.459 e. The summed E-state index contributed by atoms with van der Waals surface area (Å²) >= 11 is 0. The van der Waals surface area contributed by atoms with E-state index >= 15 is 0 Å². The van der Waals surface area contributed by atoms with E-state index in [1.807, 2.05) is 12.1 Å². The number of benzene rings is 1. The Morgan fingerprint density at radius 2 is 1.86 bits per heavy atom. The molecule has 0 saturated carbocycles. The summed E-state index contributed by atoms with van der Waals surface area (Å²) in [5, 5.41) is 6.85.